The standard InChI is InChI=1S/C21H29ClN4O3/c1-4-16(27)12-23-20(29)26-7-5-14(6-8-26)21(2,3)19(28)17-10-15(22)9-13-11-24-25-18(13)17/h9-11,14,19,28H,4-8,12H2,1-3H3,(H,23,29)(H,24,25)/t19-/m1/s1. The fourth-order valence-electron chi connectivity index (χ4n) is 4.12. The summed E-state index contributed by atoms with van der Waals surface area (Å²) in [6.45, 7) is 7.17. The van der Waals surface area contributed by atoms with Gasteiger partial charge in [0.2, 0.25) is 0 Å². The third kappa shape index (κ3) is 4.56. The molecule has 0 saturated carbocycles. The molecule has 0 unspecified atom stereocenters. The van der Waals surface area contributed by atoms with Crippen molar-refractivity contribution in [3.63, 3.8) is 0 Å². The van der Waals surface area contributed by atoms with Gasteiger partial charge in [-0.3, -0.25) is 9.89 Å². The van der Waals surface area contributed by atoms with Crippen LogP contribution in [0, 0.1) is 11.3 Å². The van der Waals surface area contributed by atoms with E-state index in [-0.39, 0.29) is 24.3 Å². The van der Waals surface area contributed by atoms with Gasteiger partial charge in [-0.15, -0.1) is 0 Å². The molecule has 29 heavy (non-hydrogen) atoms. The van der Waals surface area contributed by atoms with Gasteiger partial charge in [-0.2, -0.15) is 5.10 Å². The van der Waals surface area contributed by atoms with Gasteiger partial charge in [0.1, 0.15) is 0 Å². The number of hydrogen-bond acceptors (Lipinski definition) is 4. The van der Waals surface area contributed by atoms with Crippen LogP contribution in [0.2, 0.25) is 5.02 Å². The highest BCUT2D eigenvalue weighted by atomic mass is 35.5. The number of amides is 2. The van der Waals surface area contributed by atoms with Gasteiger partial charge in [0.25, 0.3) is 0 Å². The first-order valence-electron chi connectivity index (χ1n) is 10.1. The summed E-state index contributed by atoms with van der Waals surface area (Å²) in [5, 5.41) is 22.4. The van der Waals surface area contributed by atoms with Crippen LogP contribution in [0.3, 0.4) is 0 Å². The number of carbonyl (C=O) groups excluding carboxylic acids is 2. The van der Waals surface area contributed by atoms with Crippen molar-refractivity contribution >= 4 is 34.3 Å². The van der Waals surface area contributed by atoms with Gasteiger partial charge in [-0.25, -0.2) is 4.79 Å². The molecule has 1 fully saturated rings. The van der Waals surface area contributed by atoms with Crippen LogP contribution >= 0.6 is 11.6 Å². The first-order valence-corrected chi connectivity index (χ1v) is 10.5. The number of carbonyl (C=O) groups is 2. The number of fused-ring (bicyclic) bond motifs is 1. The number of aliphatic hydroxyl groups is 1. The van der Waals surface area contributed by atoms with Crippen LogP contribution in [-0.4, -0.2) is 51.7 Å². The van der Waals surface area contributed by atoms with Crippen molar-refractivity contribution < 1.29 is 14.7 Å². The highest BCUT2D eigenvalue weighted by Gasteiger charge is 2.40. The van der Waals surface area contributed by atoms with E-state index in [2.05, 4.69) is 29.4 Å². The molecule has 1 aliphatic rings. The summed E-state index contributed by atoms with van der Waals surface area (Å²) in [6.07, 6.45) is 2.96. The van der Waals surface area contributed by atoms with Gasteiger partial charge in [0.15, 0.2) is 5.78 Å². The molecule has 2 aromatic rings. The van der Waals surface area contributed by atoms with Crippen LogP contribution in [0.15, 0.2) is 18.3 Å². The number of ketones is 1. The molecule has 3 rings (SSSR count). The minimum absolute atomic E-state index is 0.0177. The summed E-state index contributed by atoms with van der Waals surface area (Å²) < 4.78 is 0. The summed E-state index contributed by atoms with van der Waals surface area (Å²) in [5.74, 6) is 0.250. The first kappa shape index (κ1) is 21.6. The SMILES string of the molecule is CCC(=O)CNC(=O)N1CCC(C(C)(C)[C@H](O)c2cc(Cl)cc3cn[nH]c23)CC1. The van der Waals surface area contributed by atoms with Crippen molar-refractivity contribution in [1.82, 2.24) is 20.4 Å². The summed E-state index contributed by atoms with van der Waals surface area (Å²) in [4.78, 5) is 25.4. The van der Waals surface area contributed by atoms with E-state index in [1.807, 2.05) is 6.07 Å². The summed E-state index contributed by atoms with van der Waals surface area (Å²) in [6, 6.07) is 3.42. The monoisotopic (exact) mass is 420 g/mol. The van der Waals surface area contributed by atoms with E-state index in [0.717, 1.165) is 29.3 Å². The lowest BCUT2D eigenvalue weighted by Crippen LogP contribution is -2.48. The molecule has 1 atom stereocenters. The minimum Gasteiger partial charge on any atom is -0.388 e. The maximum Gasteiger partial charge on any atom is 0.317 e. The van der Waals surface area contributed by atoms with Crippen molar-refractivity contribution in [2.75, 3.05) is 19.6 Å². The average Bonchev–Trinajstić information content (AvgIpc) is 3.18. The van der Waals surface area contributed by atoms with Crippen LogP contribution in [-0.2, 0) is 4.79 Å². The Bertz CT molecular complexity index is 887. The molecule has 158 valence electrons. The smallest absolute Gasteiger partial charge is 0.317 e. The molecule has 2 amide bonds. The molecule has 1 aromatic carbocycles. The number of hydrogen-bond donors (Lipinski definition) is 3. The summed E-state index contributed by atoms with van der Waals surface area (Å²) in [5.41, 5.74) is 1.13. The van der Waals surface area contributed by atoms with Gasteiger partial charge in [-0.1, -0.05) is 32.4 Å². The number of Topliss-reactive ketones (excluding diaryl/α,β-unsaturated/α-hetero) is 1. The van der Waals surface area contributed by atoms with Gasteiger partial charge in [0.05, 0.1) is 24.4 Å². The normalized spacial score (nSPS) is 16.8. The Hall–Kier alpha value is -2.12. The maximum absolute atomic E-state index is 12.3. The van der Waals surface area contributed by atoms with E-state index < -0.39 is 11.5 Å². The van der Waals surface area contributed by atoms with Crippen molar-refractivity contribution in [1.29, 1.82) is 0 Å². The summed E-state index contributed by atoms with van der Waals surface area (Å²) >= 11 is 6.25. The predicted molar refractivity (Wildman–Crippen MR) is 113 cm³/mol. The number of likely N-dealkylation sites (tertiary alicyclic amines) is 1. The van der Waals surface area contributed by atoms with E-state index in [0.29, 0.717) is 24.5 Å². The number of halogens is 1. The van der Waals surface area contributed by atoms with E-state index in [1.54, 1.807) is 24.1 Å². The minimum atomic E-state index is -0.725. The van der Waals surface area contributed by atoms with Gasteiger partial charge >= 0.3 is 6.03 Å². The zero-order valence-electron chi connectivity index (χ0n) is 17.2. The Morgan fingerprint density at radius 3 is 2.72 bits per heavy atom. The number of benzene rings is 1. The topological polar surface area (TPSA) is 98.3 Å². The Balaban J connectivity index is 1.67. The van der Waals surface area contributed by atoms with Crippen molar-refractivity contribution in [2.24, 2.45) is 11.3 Å². The number of piperidine rings is 1. The molecule has 0 aliphatic carbocycles. The van der Waals surface area contributed by atoms with E-state index in [1.165, 1.54) is 0 Å². The Labute approximate surface area is 175 Å². The molecular weight excluding hydrogens is 392 g/mol. The number of urea groups is 1. The lowest BCUT2D eigenvalue weighted by molar-refractivity contribution is -0.117. The van der Waals surface area contributed by atoms with E-state index in [4.69, 9.17) is 11.6 Å². The number of nitrogens with one attached hydrogen (secondary N) is 2. The quantitative estimate of drug-likeness (QED) is 0.663. The molecular formula is C21H29ClN4O3. The second-order valence-corrected chi connectivity index (χ2v) is 8.80. The molecule has 0 radical (unpaired) electrons. The molecule has 2 heterocycles. The third-order valence-corrected chi connectivity index (χ3v) is 6.43. The molecule has 1 aliphatic heterocycles. The first-order chi connectivity index (χ1) is 13.7. The fourth-order valence-corrected chi connectivity index (χ4v) is 4.36. The lowest BCUT2D eigenvalue weighted by Gasteiger charge is -2.43. The van der Waals surface area contributed by atoms with Gasteiger partial charge in [0, 0.05) is 35.5 Å². The lowest BCUT2D eigenvalue weighted by atomic mass is 9.68. The van der Waals surface area contributed by atoms with Gasteiger partial charge in [-0.05, 0) is 36.3 Å². The molecule has 0 bridgehead atoms. The van der Waals surface area contributed by atoms with Crippen LogP contribution in [0.25, 0.3) is 10.9 Å². The maximum atomic E-state index is 12.3. The third-order valence-electron chi connectivity index (χ3n) is 6.21. The van der Waals surface area contributed by atoms with E-state index in [9.17, 15) is 14.7 Å². The van der Waals surface area contributed by atoms with Crippen molar-refractivity contribution in [3.8, 4) is 0 Å². The van der Waals surface area contributed by atoms with Crippen LogP contribution in [0.5, 0.6) is 0 Å². The molecule has 3 N–H and O–H groups in total. The second kappa shape index (κ2) is 8.71. The molecule has 8 heteroatoms. The average molecular weight is 421 g/mol. The van der Waals surface area contributed by atoms with Crippen molar-refractivity contribution in [3.05, 3.63) is 28.9 Å². The van der Waals surface area contributed by atoms with Crippen molar-refractivity contribution in [2.45, 2.75) is 46.1 Å². The van der Waals surface area contributed by atoms with Crippen LogP contribution in [0.1, 0.15) is 51.7 Å². The molecule has 1 aromatic heterocycles. The second-order valence-electron chi connectivity index (χ2n) is 8.37. The number of aromatic nitrogens is 2. The number of nitrogens with zero attached hydrogens (tertiary/aromatic N) is 2. The summed E-state index contributed by atoms with van der Waals surface area (Å²) in [7, 11) is 0. The largest absolute Gasteiger partial charge is 0.388 e. The Morgan fingerprint density at radius 1 is 1.38 bits per heavy atom. The number of aromatic amines is 1. The van der Waals surface area contributed by atoms with E-state index >= 15 is 0 Å². The highest BCUT2D eigenvalue weighted by molar-refractivity contribution is 6.31. The Kier molecular flexibility index (Phi) is 6.49. The number of rotatable bonds is 6. The van der Waals surface area contributed by atoms with Gasteiger partial charge < -0.3 is 15.3 Å². The predicted octanol–water partition coefficient (Wildman–Crippen LogP) is 3.68. The fraction of sp³-hybridized carbons (Fsp3) is 0.571. The Morgan fingerprint density at radius 2 is 2.07 bits per heavy atom. The molecule has 1 saturated heterocycles. The number of H-pyrrole nitrogens is 1. The number of aliphatic hydroxyl groups excluding tert-OH is 1. The zero-order chi connectivity index (χ0) is 21.2. The molecule has 7 nitrogen and oxygen atoms in total. The zero-order valence-corrected chi connectivity index (χ0v) is 17.9. The van der Waals surface area contributed by atoms with Crippen LogP contribution < -0.4 is 5.32 Å². The highest BCUT2D eigenvalue weighted by Crippen LogP contribution is 2.46. The van der Waals surface area contributed by atoms with Crippen LogP contribution in [0.4, 0.5) is 4.79 Å². The molecule has 0 spiro atoms.